The molecule has 4 rings (SSSR count). The molecule has 0 spiro atoms. The molecular formula is C15H18N2OS. The molecule has 19 heavy (non-hydrogen) atoms. The van der Waals surface area contributed by atoms with Crippen LogP contribution in [0.2, 0.25) is 0 Å². The number of piperidine rings is 1. The maximum absolute atomic E-state index is 6.09. The van der Waals surface area contributed by atoms with Crippen molar-refractivity contribution in [2.45, 2.75) is 37.7 Å². The maximum atomic E-state index is 6.09. The lowest BCUT2D eigenvalue weighted by Crippen LogP contribution is -2.34. The SMILES string of the molecule is c1cc2nc(C3CC3)sc2cc1OC1CCNCC1. The van der Waals surface area contributed by atoms with E-state index in [4.69, 9.17) is 9.72 Å². The minimum Gasteiger partial charge on any atom is -0.490 e. The highest BCUT2D eigenvalue weighted by molar-refractivity contribution is 7.18. The average Bonchev–Trinajstić information content (AvgIpc) is 3.20. The molecule has 2 fully saturated rings. The summed E-state index contributed by atoms with van der Waals surface area (Å²) in [6, 6.07) is 6.34. The van der Waals surface area contributed by atoms with E-state index in [9.17, 15) is 0 Å². The predicted molar refractivity (Wildman–Crippen MR) is 78.1 cm³/mol. The topological polar surface area (TPSA) is 34.1 Å². The Morgan fingerprint density at radius 3 is 2.79 bits per heavy atom. The molecule has 1 aliphatic heterocycles. The van der Waals surface area contributed by atoms with Crippen LogP contribution >= 0.6 is 11.3 Å². The monoisotopic (exact) mass is 274 g/mol. The van der Waals surface area contributed by atoms with Crippen molar-refractivity contribution in [1.82, 2.24) is 10.3 Å². The van der Waals surface area contributed by atoms with Crippen LogP contribution in [0.4, 0.5) is 0 Å². The fourth-order valence-electron chi connectivity index (χ4n) is 2.61. The number of nitrogens with zero attached hydrogens (tertiary/aromatic N) is 1. The van der Waals surface area contributed by atoms with E-state index in [1.54, 1.807) is 0 Å². The molecule has 1 aromatic heterocycles. The maximum Gasteiger partial charge on any atom is 0.121 e. The van der Waals surface area contributed by atoms with Crippen LogP contribution in [0.5, 0.6) is 5.75 Å². The molecule has 1 N–H and O–H groups in total. The van der Waals surface area contributed by atoms with Crippen LogP contribution in [-0.2, 0) is 0 Å². The zero-order valence-electron chi connectivity index (χ0n) is 10.9. The lowest BCUT2D eigenvalue weighted by atomic mass is 10.1. The number of fused-ring (bicyclic) bond motifs is 1. The molecule has 1 saturated carbocycles. The lowest BCUT2D eigenvalue weighted by Gasteiger charge is -2.23. The molecule has 1 saturated heterocycles. The van der Waals surface area contributed by atoms with Crippen LogP contribution in [0.3, 0.4) is 0 Å². The number of hydrogen-bond acceptors (Lipinski definition) is 4. The third-order valence-electron chi connectivity index (χ3n) is 3.89. The molecule has 0 atom stereocenters. The molecule has 1 aliphatic carbocycles. The Hall–Kier alpha value is -1.13. The first-order chi connectivity index (χ1) is 9.38. The van der Waals surface area contributed by atoms with E-state index in [0.29, 0.717) is 6.10 Å². The zero-order chi connectivity index (χ0) is 12.7. The largest absolute Gasteiger partial charge is 0.490 e. The number of aromatic nitrogens is 1. The summed E-state index contributed by atoms with van der Waals surface area (Å²) in [4.78, 5) is 4.72. The summed E-state index contributed by atoms with van der Waals surface area (Å²) in [5.74, 6) is 1.75. The summed E-state index contributed by atoms with van der Waals surface area (Å²) in [5, 5.41) is 4.68. The number of rotatable bonds is 3. The second kappa shape index (κ2) is 4.76. The Morgan fingerprint density at radius 1 is 1.16 bits per heavy atom. The van der Waals surface area contributed by atoms with Crippen LogP contribution in [-0.4, -0.2) is 24.2 Å². The molecular weight excluding hydrogens is 256 g/mol. The van der Waals surface area contributed by atoms with Gasteiger partial charge in [-0.3, -0.25) is 0 Å². The van der Waals surface area contributed by atoms with Gasteiger partial charge in [-0.2, -0.15) is 0 Å². The summed E-state index contributed by atoms with van der Waals surface area (Å²) in [6.07, 6.45) is 5.22. The standard InChI is InChI=1S/C15H18N2OS/c1-2-10(1)15-17-13-4-3-12(9-14(13)19-15)18-11-5-7-16-8-6-11/h3-4,9-11,16H,1-2,5-8H2. The molecule has 0 radical (unpaired) electrons. The van der Waals surface area contributed by atoms with Crippen LogP contribution in [0.1, 0.15) is 36.6 Å². The summed E-state index contributed by atoms with van der Waals surface area (Å²) in [7, 11) is 0. The molecule has 3 nitrogen and oxygen atoms in total. The number of nitrogens with one attached hydrogen (secondary N) is 1. The number of benzene rings is 1. The fourth-order valence-corrected chi connectivity index (χ4v) is 3.77. The molecule has 2 heterocycles. The minimum atomic E-state index is 0.370. The van der Waals surface area contributed by atoms with Crippen molar-refractivity contribution in [3.8, 4) is 5.75 Å². The van der Waals surface area contributed by atoms with Crippen molar-refractivity contribution >= 4 is 21.6 Å². The molecule has 1 aromatic carbocycles. The van der Waals surface area contributed by atoms with Gasteiger partial charge in [0.25, 0.3) is 0 Å². The highest BCUT2D eigenvalue weighted by atomic mass is 32.1. The van der Waals surface area contributed by atoms with Gasteiger partial charge in [-0.1, -0.05) is 0 Å². The molecule has 4 heteroatoms. The van der Waals surface area contributed by atoms with Crippen molar-refractivity contribution in [3.05, 3.63) is 23.2 Å². The van der Waals surface area contributed by atoms with E-state index in [0.717, 1.165) is 43.1 Å². The predicted octanol–water partition coefficient (Wildman–Crippen LogP) is 3.30. The summed E-state index contributed by atoms with van der Waals surface area (Å²) in [6.45, 7) is 2.14. The highest BCUT2D eigenvalue weighted by Gasteiger charge is 2.27. The van der Waals surface area contributed by atoms with Crippen LogP contribution < -0.4 is 10.1 Å². The van der Waals surface area contributed by atoms with Crippen molar-refractivity contribution < 1.29 is 4.74 Å². The van der Waals surface area contributed by atoms with E-state index in [2.05, 4.69) is 23.5 Å². The van der Waals surface area contributed by atoms with Crippen LogP contribution in [0, 0.1) is 0 Å². The highest BCUT2D eigenvalue weighted by Crippen LogP contribution is 2.43. The number of thiazole rings is 1. The average molecular weight is 274 g/mol. The number of hydrogen-bond donors (Lipinski definition) is 1. The molecule has 2 aromatic rings. The van der Waals surface area contributed by atoms with Gasteiger partial charge >= 0.3 is 0 Å². The van der Waals surface area contributed by atoms with Gasteiger partial charge in [0.1, 0.15) is 11.9 Å². The van der Waals surface area contributed by atoms with Gasteiger partial charge in [0.05, 0.1) is 15.2 Å². The number of ether oxygens (including phenoxy) is 1. The fraction of sp³-hybridized carbons (Fsp3) is 0.533. The molecule has 2 aliphatic rings. The van der Waals surface area contributed by atoms with E-state index >= 15 is 0 Å². The second-order valence-corrected chi connectivity index (χ2v) is 6.59. The lowest BCUT2D eigenvalue weighted by molar-refractivity contribution is 0.162. The Bertz CT molecular complexity index is 585. The van der Waals surface area contributed by atoms with E-state index < -0.39 is 0 Å². The summed E-state index contributed by atoms with van der Waals surface area (Å²) in [5.41, 5.74) is 1.13. The van der Waals surface area contributed by atoms with Crippen molar-refractivity contribution in [2.75, 3.05) is 13.1 Å². The van der Waals surface area contributed by atoms with Crippen molar-refractivity contribution in [2.24, 2.45) is 0 Å². The Kier molecular flexibility index (Phi) is 2.93. The van der Waals surface area contributed by atoms with Gasteiger partial charge < -0.3 is 10.1 Å². The third-order valence-corrected chi connectivity index (χ3v) is 5.07. The van der Waals surface area contributed by atoms with Gasteiger partial charge in [0, 0.05) is 5.92 Å². The minimum absolute atomic E-state index is 0.370. The Morgan fingerprint density at radius 2 is 2.00 bits per heavy atom. The van der Waals surface area contributed by atoms with Crippen LogP contribution in [0.15, 0.2) is 18.2 Å². The van der Waals surface area contributed by atoms with Gasteiger partial charge in [0.15, 0.2) is 0 Å². The first-order valence-corrected chi connectivity index (χ1v) is 7.98. The molecule has 0 unspecified atom stereocenters. The molecule has 100 valence electrons. The van der Waals surface area contributed by atoms with Crippen molar-refractivity contribution in [3.63, 3.8) is 0 Å². The molecule has 0 amide bonds. The summed E-state index contributed by atoms with van der Waals surface area (Å²) < 4.78 is 7.36. The zero-order valence-corrected chi connectivity index (χ0v) is 11.7. The first kappa shape index (κ1) is 11.7. The van der Waals surface area contributed by atoms with Crippen LogP contribution in [0.25, 0.3) is 10.2 Å². The molecule has 0 bridgehead atoms. The smallest absolute Gasteiger partial charge is 0.121 e. The Balaban J connectivity index is 1.56. The Labute approximate surface area is 117 Å². The summed E-state index contributed by atoms with van der Waals surface area (Å²) >= 11 is 1.84. The van der Waals surface area contributed by atoms with Gasteiger partial charge in [-0.05, 0) is 57.0 Å². The van der Waals surface area contributed by atoms with E-state index in [1.165, 1.54) is 22.5 Å². The quantitative estimate of drug-likeness (QED) is 0.932. The van der Waals surface area contributed by atoms with Crippen molar-refractivity contribution in [1.29, 1.82) is 0 Å². The van der Waals surface area contributed by atoms with E-state index in [-0.39, 0.29) is 0 Å². The second-order valence-electron chi connectivity index (χ2n) is 5.52. The van der Waals surface area contributed by atoms with Gasteiger partial charge in [-0.15, -0.1) is 11.3 Å². The normalized spacial score (nSPS) is 20.8. The van der Waals surface area contributed by atoms with E-state index in [1.807, 2.05) is 11.3 Å². The first-order valence-electron chi connectivity index (χ1n) is 7.16. The van der Waals surface area contributed by atoms with Gasteiger partial charge in [-0.25, -0.2) is 4.98 Å². The van der Waals surface area contributed by atoms with Gasteiger partial charge in [0.2, 0.25) is 0 Å². The third kappa shape index (κ3) is 2.47.